The van der Waals surface area contributed by atoms with Gasteiger partial charge in [0.2, 0.25) is 0 Å². The van der Waals surface area contributed by atoms with Crippen molar-refractivity contribution in [1.82, 2.24) is 5.32 Å². The summed E-state index contributed by atoms with van der Waals surface area (Å²) in [6.07, 6.45) is 4.41. The predicted molar refractivity (Wildman–Crippen MR) is 75.4 cm³/mol. The van der Waals surface area contributed by atoms with Crippen LogP contribution < -0.4 is 11.1 Å². The van der Waals surface area contributed by atoms with Gasteiger partial charge in [-0.05, 0) is 37.0 Å². The van der Waals surface area contributed by atoms with Gasteiger partial charge in [0, 0.05) is 12.6 Å². The number of hydrogen-bond acceptors (Lipinski definition) is 3. The second kappa shape index (κ2) is 6.26. The van der Waals surface area contributed by atoms with Gasteiger partial charge in [0.05, 0.1) is 10.6 Å². The van der Waals surface area contributed by atoms with E-state index in [-0.39, 0.29) is 17.7 Å². The lowest BCUT2D eigenvalue weighted by Gasteiger charge is -2.28. The van der Waals surface area contributed by atoms with Crippen LogP contribution >= 0.6 is 11.6 Å². The van der Waals surface area contributed by atoms with Crippen LogP contribution in [0.2, 0.25) is 5.02 Å². The normalized spacial score (nSPS) is 23.1. The van der Waals surface area contributed by atoms with Gasteiger partial charge in [-0.25, -0.2) is 0 Å². The highest BCUT2D eigenvalue weighted by atomic mass is 35.5. The monoisotopic (exact) mass is 282 g/mol. The summed E-state index contributed by atoms with van der Waals surface area (Å²) in [5.74, 6) is 0.0939. The summed E-state index contributed by atoms with van der Waals surface area (Å²) >= 11 is 5.94. The Bertz CT molecular complexity index is 465. The Morgan fingerprint density at radius 1 is 1.42 bits per heavy atom. The fourth-order valence-corrected chi connectivity index (χ4v) is 2.70. The van der Waals surface area contributed by atoms with E-state index in [2.05, 4.69) is 5.32 Å². The molecule has 0 aromatic heterocycles. The van der Waals surface area contributed by atoms with E-state index < -0.39 is 0 Å². The number of benzene rings is 1. The summed E-state index contributed by atoms with van der Waals surface area (Å²) in [4.78, 5) is 12.0. The second-order valence-electron chi connectivity index (χ2n) is 5.08. The Morgan fingerprint density at radius 2 is 2.16 bits per heavy atom. The van der Waals surface area contributed by atoms with Gasteiger partial charge in [-0.2, -0.15) is 0 Å². The van der Waals surface area contributed by atoms with E-state index in [0.717, 1.165) is 12.8 Å². The van der Waals surface area contributed by atoms with E-state index in [4.69, 9.17) is 17.3 Å². The molecule has 5 heteroatoms. The molecule has 1 saturated carbocycles. The first-order chi connectivity index (χ1) is 9.08. The Hall–Kier alpha value is -1.26. The molecule has 0 radical (unpaired) electrons. The zero-order valence-electron chi connectivity index (χ0n) is 10.7. The minimum Gasteiger partial charge on any atom is -0.508 e. The highest BCUT2D eigenvalue weighted by Gasteiger charge is 2.22. The van der Waals surface area contributed by atoms with Gasteiger partial charge in [0.25, 0.3) is 5.91 Å². The molecular weight excluding hydrogens is 264 g/mol. The fourth-order valence-electron chi connectivity index (χ4n) is 2.50. The van der Waals surface area contributed by atoms with Gasteiger partial charge in [-0.15, -0.1) is 0 Å². The number of aromatic hydroxyl groups is 1. The Morgan fingerprint density at radius 3 is 2.89 bits per heavy atom. The molecule has 1 aromatic rings. The van der Waals surface area contributed by atoms with Crippen molar-refractivity contribution in [3.8, 4) is 5.75 Å². The lowest BCUT2D eigenvalue weighted by Crippen LogP contribution is -2.41. The van der Waals surface area contributed by atoms with Crippen molar-refractivity contribution in [2.24, 2.45) is 11.7 Å². The molecular formula is C14H19ClN2O2. The van der Waals surface area contributed by atoms with Gasteiger partial charge in [-0.3, -0.25) is 4.79 Å². The van der Waals surface area contributed by atoms with Crippen LogP contribution in [0.1, 0.15) is 36.0 Å². The molecule has 2 unspecified atom stereocenters. The van der Waals surface area contributed by atoms with Crippen LogP contribution in [-0.2, 0) is 0 Å². The summed E-state index contributed by atoms with van der Waals surface area (Å²) in [5, 5.41) is 12.6. The highest BCUT2D eigenvalue weighted by molar-refractivity contribution is 6.33. The van der Waals surface area contributed by atoms with Gasteiger partial charge in [-0.1, -0.05) is 24.4 Å². The number of nitrogens with one attached hydrogen (secondary N) is 1. The fraction of sp³-hybridized carbons (Fsp3) is 0.500. The molecule has 1 aromatic carbocycles. The number of nitrogens with two attached hydrogens (primary N) is 1. The molecule has 2 atom stereocenters. The molecule has 0 bridgehead atoms. The summed E-state index contributed by atoms with van der Waals surface area (Å²) in [6, 6.07) is 4.50. The first-order valence-corrected chi connectivity index (χ1v) is 6.98. The van der Waals surface area contributed by atoms with Gasteiger partial charge < -0.3 is 16.2 Å². The standard InChI is InChI=1S/C14H19ClN2O2/c15-12-6-5-10(18)7-11(12)14(19)17-8-9-3-1-2-4-13(9)16/h5-7,9,13,18H,1-4,8,16H2,(H,17,19). The van der Waals surface area contributed by atoms with Crippen LogP contribution in [0.15, 0.2) is 18.2 Å². The molecule has 4 N–H and O–H groups in total. The Balaban J connectivity index is 1.95. The van der Waals surface area contributed by atoms with E-state index >= 15 is 0 Å². The van der Waals surface area contributed by atoms with E-state index in [0.29, 0.717) is 23.0 Å². The molecule has 2 rings (SSSR count). The third kappa shape index (κ3) is 3.61. The van der Waals surface area contributed by atoms with Crippen LogP contribution in [0.4, 0.5) is 0 Å². The molecule has 1 aliphatic rings. The van der Waals surface area contributed by atoms with Crippen molar-refractivity contribution >= 4 is 17.5 Å². The van der Waals surface area contributed by atoms with Gasteiger partial charge in [0.1, 0.15) is 5.75 Å². The SMILES string of the molecule is NC1CCCCC1CNC(=O)c1cc(O)ccc1Cl. The summed E-state index contributed by atoms with van der Waals surface area (Å²) in [5.41, 5.74) is 6.34. The number of rotatable bonds is 3. The third-order valence-corrected chi connectivity index (χ3v) is 4.02. The van der Waals surface area contributed by atoms with Crippen LogP contribution in [0.5, 0.6) is 5.75 Å². The van der Waals surface area contributed by atoms with Crippen molar-refractivity contribution in [2.45, 2.75) is 31.7 Å². The largest absolute Gasteiger partial charge is 0.508 e. The summed E-state index contributed by atoms with van der Waals surface area (Å²) < 4.78 is 0. The minimum atomic E-state index is -0.265. The molecule has 19 heavy (non-hydrogen) atoms. The molecule has 1 fully saturated rings. The maximum Gasteiger partial charge on any atom is 0.252 e. The number of hydrogen-bond donors (Lipinski definition) is 3. The Labute approximate surface area is 117 Å². The summed E-state index contributed by atoms with van der Waals surface area (Å²) in [7, 11) is 0. The first-order valence-electron chi connectivity index (χ1n) is 6.60. The van der Waals surface area contributed by atoms with Gasteiger partial charge >= 0.3 is 0 Å². The van der Waals surface area contributed by atoms with E-state index in [1.165, 1.54) is 31.0 Å². The minimum absolute atomic E-state index is 0.0314. The van der Waals surface area contributed by atoms with Gasteiger partial charge in [0.15, 0.2) is 0 Å². The topological polar surface area (TPSA) is 75.3 Å². The molecule has 104 valence electrons. The third-order valence-electron chi connectivity index (χ3n) is 3.69. The average Bonchev–Trinajstić information content (AvgIpc) is 2.40. The molecule has 4 nitrogen and oxygen atoms in total. The Kier molecular flexibility index (Phi) is 4.66. The maximum absolute atomic E-state index is 12.0. The lowest BCUT2D eigenvalue weighted by molar-refractivity contribution is 0.0941. The molecule has 1 amide bonds. The van der Waals surface area contributed by atoms with Crippen LogP contribution in [0, 0.1) is 5.92 Å². The van der Waals surface area contributed by atoms with Crippen molar-refractivity contribution in [3.63, 3.8) is 0 Å². The molecule has 0 heterocycles. The molecule has 1 aliphatic carbocycles. The number of halogens is 1. The van der Waals surface area contributed by atoms with Crippen molar-refractivity contribution in [3.05, 3.63) is 28.8 Å². The molecule has 0 aliphatic heterocycles. The molecule has 0 spiro atoms. The number of amides is 1. The zero-order chi connectivity index (χ0) is 13.8. The number of phenolic OH excluding ortho intramolecular Hbond substituents is 1. The van der Waals surface area contributed by atoms with Crippen molar-refractivity contribution < 1.29 is 9.90 Å². The van der Waals surface area contributed by atoms with Crippen LogP contribution in [-0.4, -0.2) is 23.6 Å². The number of carbonyl (C=O) groups is 1. The van der Waals surface area contributed by atoms with E-state index in [1.807, 2.05) is 0 Å². The molecule has 0 saturated heterocycles. The smallest absolute Gasteiger partial charge is 0.252 e. The van der Waals surface area contributed by atoms with Crippen LogP contribution in [0.25, 0.3) is 0 Å². The summed E-state index contributed by atoms with van der Waals surface area (Å²) in [6.45, 7) is 0.561. The quantitative estimate of drug-likeness (QED) is 0.796. The highest BCUT2D eigenvalue weighted by Crippen LogP contribution is 2.23. The van der Waals surface area contributed by atoms with E-state index in [9.17, 15) is 9.90 Å². The second-order valence-corrected chi connectivity index (χ2v) is 5.49. The first kappa shape index (κ1) is 14.2. The number of carbonyl (C=O) groups excluding carboxylic acids is 1. The average molecular weight is 283 g/mol. The van der Waals surface area contributed by atoms with E-state index in [1.54, 1.807) is 0 Å². The van der Waals surface area contributed by atoms with Crippen LogP contribution in [0.3, 0.4) is 0 Å². The van der Waals surface area contributed by atoms with Crippen molar-refractivity contribution in [1.29, 1.82) is 0 Å². The maximum atomic E-state index is 12.0. The number of phenols is 1. The van der Waals surface area contributed by atoms with Crippen molar-refractivity contribution in [2.75, 3.05) is 6.54 Å². The lowest BCUT2D eigenvalue weighted by atomic mass is 9.85. The predicted octanol–water partition coefficient (Wildman–Crippen LogP) is 2.29. The zero-order valence-corrected chi connectivity index (χ0v) is 11.5.